The molecule has 1 aliphatic carbocycles. The number of hydrogen-bond acceptors (Lipinski definition) is 4. The minimum absolute atomic E-state index is 0.321. The van der Waals surface area contributed by atoms with Gasteiger partial charge in [0.1, 0.15) is 0 Å². The molecule has 0 unspecified atom stereocenters. The van der Waals surface area contributed by atoms with Crippen LogP contribution in [0.5, 0.6) is 0 Å². The Labute approximate surface area is 125 Å². The van der Waals surface area contributed by atoms with Crippen LogP contribution >= 0.6 is 0 Å². The second kappa shape index (κ2) is 6.74. The molecule has 0 saturated heterocycles. The largest absolute Gasteiger partial charge is 0.418 e. The summed E-state index contributed by atoms with van der Waals surface area (Å²) in [6.07, 6.45) is 3.32. The molecule has 0 saturated carbocycles. The smallest absolute Gasteiger partial charge is 0.309 e. The van der Waals surface area contributed by atoms with Gasteiger partial charge in [-0.15, -0.1) is 0 Å². The number of ether oxygens (including phenoxy) is 2. The fourth-order valence-electron chi connectivity index (χ4n) is 2.65. The maximum atomic E-state index is 11.9. The lowest BCUT2D eigenvalue weighted by atomic mass is 10.1. The van der Waals surface area contributed by atoms with E-state index in [2.05, 4.69) is 0 Å². The van der Waals surface area contributed by atoms with Gasteiger partial charge in [0.15, 0.2) is 0 Å². The fraction of sp³-hybridized carbons (Fsp3) is 0.529. The topological polar surface area (TPSA) is 52.6 Å². The first-order valence-corrected chi connectivity index (χ1v) is 7.63. The first kappa shape index (κ1) is 15.5. The molecular weight excluding hydrogens is 268 g/mol. The molecule has 0 heterocycles. The van der Waals surface area contributed by atoms with Crippen molar-refractivity contribution in [3.63, 3.8) is 0 Å². The SMILES string of the molecule is CCCC(=O)OC1(OC(=O)CCC)CCc2ccccc21. The fourth-order valence-corrected chi connectivity index (χ4v) is 2.65. The van der Waals surface area contributed by atoms with E-state index >= 15 is 0 Å². The van der Waals surface area contributed by atoms with Gasteiger partial charge < -0.3 is 9.47 Å². The van der Waals surface area contributed by atoms with Crippen molar-refractivity contribution in [3.05, 3.63) is 35.4 Å². The van der Waals surface area contributed by atoms with Crippen molar-refractivity contribution in [2.75, 3.05) is 0 Å². The van der Waals surface area contributed by atoms with Gasteiger partial charge in [-0.3, -0.25) is 9.59 Å². The van der Waals surface area contributed by atoms with Crippen LogP contribution in [0.2, 0.25) is 0 Å². The molecule has 0 fully saturated rings. The third-order valence-electron chi connectivity index (χ3n) is 3.62. The number of hydrogen-bond donors (Lipinski definition) is 0. The predicted molar refractivity (Wildman–Crippen MR) is 78.4 cm³/mol. The van der Waals surface area contributed by atoms with Crippen LogP contribution in [-0.4, -0.2) is 11.9 Å². The van der Waals surface area contributed by atoms with Gasteiger partial charge >= 0.3 is 11.9 Å². The van der Waals surface area contributed by atoms with Crippen LogP contribution in [0.3, 0.4) is 0 Å². The van der Waals surface area contributed by atoms with Gasteiger partial charge in [-0.2, -0.15) is 0 Å². The normalized spacial score (nSPS) is 15.3. The zero-order valence-corrected chi connectivity index (χ0v) is 12.7. The summed E-state index contributed by atoms with van der Waals surface area (Å²) in [6.45, 7) is 3.83. The Morgan fingerprint density at radius 1 is 1.05 bits per heavy atom. The van der Waals surface area contributed by atoms with Crippen LogP contribution in [0.25, 0.3) is 0 Å². The lowest BCUT2D eigenvalue weighted by Gasteiger charge is -2.29. The maximum Gasteiger partial charge on any atom is 0.309 e. The van der Waals surface area contributed by atoms with E-state index in [-0.39, 0.29) is 11.9 Å². The first-order chi connectivity index (χ1) is 10.1. The molecule has 0 amide bonds. The van der Waals surface area contributed by atoms with Crippen molar-refractivity contribution in [2.24, 2.45) is 0 Å². The monoisotopic (exact) mass is 290 g/mol. The van der Waals surface area contributed by atoms with E-state index in [9.17, 15) is 9.59 Å². The minimum Gasteiger partial charge on any atom is -0.418 e. The number of fused-ring (bicyclic) bond motifs is 1. The standard InChI is InChI=1S/C17H22O4/c1-3-7-15(18)20-17(21-16(19)8-4-2)12-11-13-9-5-6-10-14(13)17/h5-6,9-10H,3-4,7-8,11-12H2,1-2H3. The zero-order chi connectivity index (χ0) is 15.3. The van der Waals surface area contributed by atoms with Crippen molar-refractivity contribution in [1.29, 1.82) is 0 Å². The van der Waals surface area contributed by atoms with Crippen molar-refractivity contribution in [3.8, 4) is 0 Å². The van der Waals surface area contributed by atoms with Crippen molar-refractivity contribution >= 4 is 11.9 Å². The Bertz CT molecular complexity index is 501. The molecule has 0 spiro atoms. The van der Waals surface area contributed by atoms with Gasteiger partial charge in [0.2, 0.25) is 0 Å². The highest BCUT2D eigenvalue weighted by atomic mass is 16.7. The molecule has 0 bridgehead atoms. The Morgan fingerprint density at radius 2 is 1.62 bits per heavy atom. The second-order valence-corrected chi connectivity index (χ2v) is 5.36. The van der Waals surface area contributed by atoms with Crippen LogP contribution in [0.15, 0.2) is 24.3 Å². The Morgan fingerprint density at radius 3 is 2.19 bits per heavy atom. The van der Waals surface area contributed by atoms with E-state index in [1.807, 2.05) is 38.1 Å². The molecule has 114 valence electrons. The summed E-state index contributed by atoms with van der Waals surface area (Å²) >= 11 is 0. The van der Waals surface area contributed by atoms with Crippen LogP contribution in [0.1, 0.15) is 57.1 Å². The number of carbonyl (C=O) groups excluding carboxylic acids is 2. The lowest BCUT2D eigenvalue weighted by molar-refractivity contribution is -0.234. The van der Waals surface area contributed by atoms with Gasteiger partial charge in [0.25, 0.3) is 5.79 Å². The van der Waals surface area contributed by atoms with E-state index in [4.69, 9.17) is 9.47 Å². The molecule has 1 aliphatic rings. The Hall–Kier alpha value is -1.84. The lowest BCUT2D eigenvalue weighted by Crippen LogP contribution is -2.35. The molecule has 2 rings (SSSR count). The Balaban J connectivity index is 2.27. The van der Waals surface area contributed by atoms with Crippen LogP contribution in [0.4, 0.5) is 0 Å². The molecular formula is C17H22O4. The van der Waals surface area contributed by atoms with Crippen LogP contribution in [-0.2, 0) is 31.3 Å². The summed E-state index contributed by atoms with van der Waals surface area (Å²) in [5.41, 5.74) is 1.88. The van der Waals surface area contributed by atoms with Gasteiger partial charge in [-0.1, -0.05) is 38.1 Å². The average molecular weight is 290 g/mol. The van der Waals surface area contributed by atoms with Crippen molar-refractivity contribution in [2.45, 2.75) is 58.2 Å². The van der Waals surface area contributed by atoms with E-state index < -0.39 is 5.79 Å². The predicted octanol–water partition coefficient (Wildman–Crippen LogP) is 3.47. The molecule has 0 atom stereocenters. The highest BCUT2D eigenvalue weighted by Crippen LogP contribution is 2.41. The number of carbonyl (C=O) groups is 2. The highest BCUT2D eigenvalue weighted by molar-refractivity contribution is 5.72. The van der Waals surface area contributed by atoms with E-state index in [1.165, 1.54) is 0 Å². The van der Waals surface area contributed by atoms with Gasteiger partial charge in [-0.05, 0) is 24.8 Å². The molecule has 4 heteroatoms. The number of rotatable bonds is 6. The molecule has 0 radical (unpaired) electrons. The van der Waals surface area contributed by atoms with Crippen LogP contribution < -0.4 is 0 Å². The van der Waals surface area contributed by atoms with Crippen molar-refractivity contribution < 1.29 is 19.1 Å². The third-order valence-corrected chi connectivity index (χ3v) is 3.62. The second-order valence-electron chi connectivity index (χ2n) is 5.36. The maximum absolute atomic E-state index is 11.9. The summed E-state index contributed by atoms with van der Waals surface area (Å²) in [7, 11) is 0. The van der Waals surface area contributed by atoms with E-state index in [1.54, 1.807) is 0 Å². The van der Waals surface area contributed by atoms with Crippen molar-refractivity contribution in [1.82, 2.24) is 0 Å². The molecule has 1 aromatic carbocycles. The van der Waals surface area contributed by atoms with Gasteiger partial charge in [0, 0.05) is 24.8 Å². The third kappa shape index (κ3) is 3.43. The highest BCUT2D eigenvalue weighted by Gasteiger charge is 2.45. The summed E-state index contributed by atoms with van der Waals surface area (Å²) in [5, 5.41) is 0. The zero-order valence-electron chi connectivity index (χ0n) is 12.7. The molecule has 21 heavy (non-hydrogen) atoms. The molecule has 0 N–H and O–H groups in total. The number of aryl methyl sites for hydroxylation is 1. The van der Waals surface area contributed by atoms with E-state index in [0.717, 1.165) is 17.5 Å². The number of benzene rings is 1. The summed E-state index contributed by atoms with van der Waals surface area (Å²) in [6, 6.07) is 7.68. The first-order valence-electron chi connectivity index (χ1n) is 7.63. The van der Waals surface area contributed by atoms with Gasteiger partial charge in [-0.25, -0.2) is 0 Å². The summed E-state index contributed by atoms with van der Waals surface area (Å²) < 4.78 is 11.2. The minimum atomic E-state index is -1.23. The molecule has 4 nitrogen and oxygen atoms in total. The summed E-state index contributed by atoms with van der Waals surface area (Å²) in [5.74, 6) is -1.87. The number of esters is 2. The molecule has 1 aromatic rings. The van der Waals surface area contributed by atoms with Gasteiger partial charge in [0.05, 0.1) is 0 Å². The molecule has 0 aromatic heterocycles. The summed E-state index contributed by atoms with van der Waals surface area (Å²) in [4.78, 5) is 23.9. The Kier molecular flexibility index (Phi) is 4.99. The molecule has 0 aliphatic heterocycles. The average Bonchev–Trinajstić information content (AvgIpc) is 2.78. The van der Waals surface area contributed by atoms with E-state index in [0.29, 0.717) is 32.1 Å². The van der Waals surface area contributed by atoms with Crippen LogP contribution in [0, 0.1) is 0 Å². The quantitative estimate of drug-likeness (QED) is 0.594.